The molecule has 0 aromatic heterocycles. The first kappa shape index (κ1) is 18.4. The average Bonchev–Trinajstić information content (AvgIpc) is 3.04. The quantitative estimate of drug-likeness (QED) is 0.368. The molecule has 5 nitrogen and oxygen atoms in total. The van der Waals surface area contributed by atoms with Crippen LogP contribution in [0.1, 0.15) is 26.3 Å². The van der Waals surface area contributed by atoms with Crippen molar-refractivity contribution in [2.75, 3.05) is 7.11 Å². The van der Waals surface area contributed by atoms with Crippen LogP contribution >= 0.6 is 0 Å². The minimum Gasteiger partial charge on any atom is -0.497 e. The Morgan fingerprint density at radius 3 is 2.62 bits per heavy atom. The van der Waals surface area contributed by atoms with Crippen molar-refractivity contribution in [3.8, 4) is 17.2 Å². The van der Waals surface area contributed by atoms with Crippen LogP contribution in [-0.2, 0) is 0 Å². The van der Waals surface area contributed by atoms with E-state index in [2.05, 4.69) is 0 Å². The lowest BCUT2D eigenvalue weighted by molar-refractivity contribution is 0.0734. The molecule has 1 aliphatic rings. The van der Waals surface area contributed by atoms with Gasteiger partial charge in [-0.25, -0.2) is 9.18 Å². The highest BCUT2D eigenvalue weighted by atomic mass is 19.1. The summed E-state index contributed by atoms with van der Waals surface area (Å²) in [7, 11) is 1.51. The first-order valence-electron chi connectivity index (χ1n) is 8.74. The predicted molar refractivity (Wildman–Crippen MR) is 104 cm³/mol. The molecule has 0 atom stereocenters. The molecule has 0 spiro atoms. The number of halogens is 1. The van der Waals surface area contributed by atoms with E-state index in [1.807, 2.05) is 0 Å². The van der Waals surface area contributed by atoms with Crippen molar-refractivity contribution in [2.45, 2.75) is 0 Å². The van der Waals surface area contributed by atoms with E-state index in [0.29, 0.717) is 16.9 Å². The molecule has 1 aliphatic heterocycles. The maximum Gasteiger partial charge on any atom is 0.343 e. The summed E-state index contributed by atoms with van der Waals surface area (Å²) in [6.07, 6.45) is 1.35. The van der Waals surface area contributed by atoms with Crippen LogP contribution in [0.3, 0.4) is 0 Å². The third-order valence-electron chi connectivity index (χ3n) is 4.35. The van der Waals surface area contributed by atoms with Crippen LogP contribution in [0.2, 0.25) is 0 Å². The smallest absolute Gasteiger partial charge is 0.343 e. The molecule has 0 bridgehead atoms. The van der Waals surface area contributed by atoms with Gasteiger partial charge in [-0.05, 0) is 42.5 Å². The predicted octanol–water partition coefficient (Wildman–Crippen LogP) is 4.67. The number of fused-ring (bicyclic) bond motifs is 1. The highest BCUT2D eigenvalue weighted by molar-refractivity contribution is 6.14. The Kier molecular flexibility index (Phi) is 4.83. The third kappa shape index (κ3) is 3.73. The maximum atomic E-state index is 13.8. The SMILES string of the molecule is COc1cccc(C(=O)Oc2ccc3c(c2)OC(=Cc2ccccc2F)C3=O)c1. The van der Waals surface area contributed by atoms with E-state index in [9.17, 15) is 14.0 Å². The Balaban J connectivity index is 1.56. The number of carbonyl (C=O) groups excluding carboxylic acids is 2. The van der Waals surface area contributed by atoms with Gasteiger partial charge in [0.2, 0.25) is 5.78 Å². The molecule has 3 aromatic rings. The summed E-state index contributed by atoms with van der Waals surface area (Å²) in [4.78, 5) is 24.9. The second kappa shape index (κ2) is 7.59. The van der Waals surface area contributed by atoms with E-state index in [4.69, 9.17) is 14.2 Å². The van der Waals surface area contributed by atoms with Crippen LogP contribution in [0.5, 0.6) is 17.2 Å². The maximum absolute atomic E-state index is 13.8. The molecule has 144 valence electrons. The highest BCUT2D eigenvalue weighted by Gasteiger charge is 2.28. The zero-order valence-corrected chi connectivity index (χ0v) is 15.3. The van der Waals surface area contributed by atoms with Crippen LogP contribution in [0.15, 0.2) is 72.5 Å². The number of esters is 1. The van der Waals surface area contributed by atoms with Gasteiger partial charge in [-0.15, -0.1) is 0 Å². The second-order valence-corrected chi connectivity index (χ2v) is 6.24. The number of ketones is 1. The summed E-state index contributed by atoms with van der Waals surface area (Å²) in [5, 5.41) is 0. The van der Waals surface area contributed by atoms with E-state index in [1.165, 1.54) is 37.5 Å². The number of Topliss-reactive ketones (excluding diaryl/α,β-unsaturated/α-hetero) is 1. The number of methoxy groups -OCH3 is 1. The zero-order valence-electron chi connectivity index (χ0n) is 15.3. The third-order valence-corrected chi connectivity index (χ3v) is 4.35. The van der Waals surface area contributed by atoms with Gasteiger partial charge in [0.15, 0.2) is 5.76 Å². The van der Waals surface area contributed by atoms with Crippen LogP contribution in [0.25, 0.3) is 6.08 Å². The van der Waals surface area contributed by atoms with E-state index in [-0.39, 0.29) is 28.6 Å². The van der Waals surface area contributed by atoms with Crippen molar-refractivity contribution in [3.05, 3.63) is 95.0 Å². The lowest BCUT2D eigenvalue weighted by Gasteiger charge is -2.07. The number of benzene rings is 3. The monoisotopic (exact) mass is 390 g/mol. The Labute approximate surface area is 166 Å². The van der Waals surface area contributed by atoms with Gasteiger partial charge >= 0.3 is 5.97 Å². The molecule has 0 saturated heterocycles. The van der Waals surface area contributed by atoms with Crippen LogP contribution in [0.4, 0.5) is 4.39 Å². The normalized spacial score (nSPS) is 13.7. The fourth-order valence-corrected chi connectivity index (χ4v) is 2.88. The average molecular weight is 390 g/mol. The summed E-state index contributed by atoms with van der Waals surface area (Å²) in [5.74, 6) is -0.402. The molecule has 1 heterocycles. The van der Waals surface area contributed by atoms with Crippen molar-refractivity contribution < 1.29 is 28.2 Å². The van der Waals surface area contributed by atoms with Crippen molar-refractivity contribution in [2.24, 2.45) is 0 Å². The first-order valence-corrected chi connectivity index (χ1v) is 8.74. The van der Waals surface area contributed by atoms with Gasteiger partial charge < -0.3 is 14.2 Å². The Bertz CT molecular complexity index is 1150. The van der Waals surface area contributed by atoms with Gasteiger partial charge in [0.1, 0.15) is 23.1 Å². The fraction of sp³-hybridized carbons (Fsp3) is 0.0435. The lowest BCUT2D eigenvalue weighted by atomic mass is 10.1. The molecule has 3 aromatic carbocycles. The Morgan fingerprint density at radius 1 is 1.00 bits per heavy atom. The van der Waals surface area contributed by atoms with Gasteiger partial charge in [-0.3, -0.25) is 4.79 Å². The van der Waals surface area contributed by atoms with Crippen molar-refractivity contribution in [1.29, 1.82) is 0 Å². The van der Waals surface area contributed by atoms with Gasteiger partial charge in [-0.2, -0.15) is 0 Å². The molecule has 4 rings (SSSR count). The number of hydrogen-bond acceptors (Lipinski definition) is 5. The molecule has 0 amide bonds. The summed E-state index contributed by atoms with van der Waals surface area (Å²) in [6.45, 7) is 0. The van der Waals surface area contributed by atoms with Crippen LogP contribution in [-0.4, -0.2) is 18.9 Å². The van der Waals surface area contributed by atoms with E-state index in [1.54, 1.807) is 42.5 Å². The molecule has 29 heavy (non-hydrogen) atoms. The van der Waals surface area contributed by atoms with E-state index in [0.717, 1.165) is 0 Å². The van der Waals surface area contributed by atoms with Gasteiger partial charge in [0.25, 0.3) is 0 Å². The van der Waals surface area contributed by atoms with Gasteiger partial charge in [-0.1, -0.05) is 24.3 Å². The molecule has 0 N–H and O–H groups in total. The highest BCUT2D eigenvalue weighted by Crippen LogP contribution is 2.35. The summed E-state index contributed by atoms with van der Waals surface area (Å²) < 4.78 is 29.9. The molecule has 0 unspecified atom stereocenters. The van der Waals surface area contributed by atoms with Crippen LogP contribution in [0, 0.1) is 5.82 Å². The summed E-state index contributed by atoms with van der Waals surface area (Å²) in [5.41, 5.74) is 0.879. The topological polar surface area (TPSA) is 61.8 Å². The fourth-order valence-electron chi connectivity index (χ4n) is 2.88. The number of carbonyl (C=O) groups is 2. The standard InChI is InChI=1S/C23H15FO5/c1-27-16-7-4-6-15(11-16)23(26)28-17-9-10-18-20(13-17)29-21(22(18)25)12-14-5-2-3-8-19(14)24/h2-13H,1H3. The zero-order chi connectivity index (χ0) is 20.4. The minimum absolute atomic E-state index is 0.00127. The van der Waals surface area contributed by atoms with Crippen molar-refractivity contribution >= 4 is 17.8 Å². The van der Waals surface area contributed by atoms with Gasteiger partial charge in [0, 0.05) is 11.6 Å². The van der Waals surface area contributed by atoms with Crippen LogP contribution < -0.4 is 14.2 Å². The molecule has 0 saturated carbocycles. The summed E-state index contributed by atoms with van der Waals surface area (Å²) in [6, 6.07) is 17.1. The Hall–Kier alpha value is -3.93. The first-order chi connectivity index (χ1) is 14.0. The lowest BCUT2D eigenvalue weighted by Crippen LogP contribution is -2.08. The molecular weight excluding hydrogens is 375 g/mol. The molecule has 0 aliphatic carbocycles. The molecular formula is C23H15FO5. The largest absolute Gasteiger partial charge is 0.497 e. The van der Waals surface area contributed by atoms with Gasteiger partial charge in [0.05, 0.1) is 18.2 Å². The minimum atomic E-state index is -0.574. The molecule has 0 radical (unpaired) electrons. The molecule has 6 heteroatoms. The number of allylic oxidation sites excluding steroid dienone is 1. The number of rotatable bonds is 4. The number of hydrogen-bond donors (Lipinski definition) is 0. The molecule has 0 fully saturated rings. The Morgan fingerprint density at radius 2 is 1.83 bits per heavy atom. The van der Waals surface area contributed by atoms with Crippen molar-refractivity contribution in [1.82, 2.24) is 0 Å². The number of ether oxygens (including phenoxy) is 3. The van der Waals surface area contributed by atoms with E-state index < -0.39 is 11.8 Å². The van der Waals surface area contributed by atoms with E-state index >= 15 is 0 Å². The summed E-state index contributed by atoms with van der Waals surface area (Å²) >= 11 is 0. The second-order valence-electron chi connectivity index (χ2n) is 6.24. The van der Waals surface area contributed by atoms with Crippen molar-refractivity contribution in [3.63, 3.8) is 0 Å².